The van der Waals surface area contributed by atoms with E-state index in [1.807, 2.05) is 90.2 Å². The minimum absolute atomic E-state index is 0.0522. The predicted molar refractivity (Wildman–Crippen MR) is 131 cm³/mol. The molecule has 1 atom stereocenters. The number of carbonyl (C=O) groups is 1. The largest absolute Gasteiger partial charge is 0.315 e. The molecule has 0 N–H and O–H groups in total. The van der Waals surface area contributed by atoms with E-state index in [1.54, 1.807) is 22.6 Å². The van der Waals surface area contributed by atoms with Gasteiger partial charge in [0.25, 0.3) is 5.56 Å². The van der Waals surface area contributed by atoms with E-state index in [0.29, 0.717) is 27.5 Å². The fourth-order valence-electron chi connectivity index (χ4n) is 3.82. The number of thioether (sulfide) groups is 1. The molecule has 0 fully saturated rings. The molecule has 5 aromatic rings. The lowest BCUT2D eigenvalue weighted by atomic mass is 10.2. The van der Waals surface area contributed by atoms with Gasteiger partial charge in [0, 0.05) is 12.7 Å². The Kier molecular flexibility index (Phi) is 5.43. The van der Waals surface area contributed by atoms with Crippen LogP contribution in [0, 0.1) is 0 Å². The second-order valence-electron chi connectivity index (χ2n) is 7.60. The summed E-state index contributed by atoms with van der Waals surface area (Å²) in [6.45, 7) is 1.85. The molecule has 1 amide bonds. The van der Waals surface area contributed by atoms with Gasteiger partial charge < -0.3 is 4.90 Å². The number of hydrogen-bond acceptors (Lipinski definition) is 5. The van der Waals surface area contributed by atoms with Crippen LogP contribution in [0.25, 0.3) is 22.4 Å². The number of nitrogens with zero attached hydrogens (tertiary/aromatic N) is 5. The summed E-state index contributed by atoms with van der Waals surface area (Å²) in [7, 11) is 1.76. The average molecular weight is 456 g/mol. The van der Waals surface area contributed by atoms with Crippen molar-refractivity contribution < 1.29 is 4.79 Å². The molecule has 5 rings (SSSR count). The molecule has 33 heavy (non-hydrogen) atoms. The maximum Gasteiger partial charge on any atom is 0.267 e. The summed E-state index contributed by atoms with van der Waals surface area (Å²) in [5, 5.41) is 9.41. The molecule has 0 aliphatic rings. The zero-order valence-corrected chi connectivity index (χ0v) is 18.9. The number of amides is 1. The number of anilines is 1. The van der Waals surface area contributed by atoms with E-state index in [-0.39, 0.29) is 11.5 Å². The van der Waals surface area contributed by atoms with E-state index < -0.39 is 5.25 Å². The Morgan fingerprint density at radius 1 is 0.909 bits per heavy atom. The van der Waals surface area contributed by atoms with Crippen molar-refractivity contribution in [2.75, 3.05) is 11.9 Å². The predicted octanol–water partition coefficient (Wildman–Crippen LogP) is 4.18. The van der Waals surface area contributed by atoms with Crippen LogP contribution >= 0.6 is 11.8 Å². The molecular weight excluding hydrogens is 434 g/mol. The maximum absolute atomic E-state index is 13.3. The maximum atomic E-state index is 13.3. The highest BCUT2D eigenvalue weighted by molar-refractivity contribution is 8.00. The van der Waals surface area contributed by atoms with Gasteiger partial charge in [0.15, 0.2) is 5.16 Å². The Hall–Kier alpha value is -3.91. The third kappa shape index (κ3) is 3.68. The quantitative estimate of drug-likeness (QED) is 0.372. The molecule has 3 aromatic carbocycles. The molecule has 164 valence electrons. The SMILES string of the molecule is C[C@@H](Sc1nnc2n(-c3ccccc3)c(=O)c3ccccc3n12)C(=O)N(C)c1ccccc1. The van der Waals surface area contributed by atoms with E-state index >= 15 is 0 Å². The molecule has 2 heterocycles. The number of fused-ring (bicyclic) bond motifs is 3. The van der Waals surface area contributed by atoms with Crippen LogP contribution in [0.4, 0.5) is 5.69 Å². The second kappa shape index (κ2) is 8.55. The molecule has 0 saturated heterocycles. The first-order chi connectivity index (χ1) is 16.1. The summed E-state index contributed by atoms with van der Waals surface area (Å²) in [5.41, 5.74) is 2.06. The first-order valence-corrected chi connectivity index (χ1v) is 11.4. The molecular formula is C25H21N5O2S. The smallest absolute Gasteiger partial charge is 0.267 e. The summed E-state index contributed by atoms with van der Waals surface area (Å²) in [6, 6.07) is 26.3. The standard InChI is InChI=1S/C25H21N5O2S/c1-17(22(31)28(2)18-11-5-3-6-12-18)33-25-27-26-24-29(19-13-7-4-8-14-19)23(32)20-15-9-10-16-21(20)30(24)25/h3-17H,1-2H3/t17-/m1/s1. The topological polar surface area (TPSA) is 72.5 Å². The Bertz CT molecular complexity index is 1510. The lowest BCUT2D eigenvalue weighted by Gasteiger charge is -2.21. The molecule has 0 bridgehead atoms. The molecule has 0 aliphatic heterocycles. The Labute approximate surface area is 194 Å². The van der Waals surface area contributed by atoms with Gasteiger partial charge in [0.05, 0.1) is 21.8 Å². The van der Waals surface area contributed by atoms with Crippen LogP contribution in [0.3, 0.4) is 0 Å². The molecule has 0 unspecified atom stereocenters. The van der Waals surface area contributed by atoms with Crippen molar-refractivity contribution in [3.05, 3.63) is 95.3 Å². The van der Waals surface area contributed by atoms with Crippen molar-refractivity contribution in [1.29, 1.82) is 0 Å². The molecule has 0 saturated carbocycles. The van der Waals surface area contributed by atoms with Crippen molar-refractivity contribution in [2.45, 2.75) is 17.3 Å². The van der Waals surface area contributed by atoms with Crippen molar-refractivity contribution in [2.24, 2.45) is 0 Å². The highest BCUT2D eigenvalue weighted by Gasteiger charge is 2.24. The van der Waals surface area contributed by atoms with Crippen molar-refractivity contribution in [3.63, 3.8) is 0 Å². The Balaban J connectivity index is 1.61. The monoisotopic (exact) mass is 455 g/mol. The Morgan fingerprint density at radius 2 is 1.55 bits per heavy atom. The number of para-hydroxylation sites is 3. The van der Waals surface area contributed by atoms with Crippen LogP contribution in [0.1, 0.15) is 6.92 Å². The summed E-state index contributed by atoms with van der Waals surface area (Å²) < 4.78 is 3.41. The molecule has 2 aromatic heterocycles. The fourth-order valence-corrected chi connectivity index (χ4v) is 4.77. The number of carbonyl (C=O) groups excluding carboxylic acids is 1. The van der Waals surface area contributed by atoms with Crippen LogP contribution < -0.4 is 10.5 Å². The fraction of sp³-hybridized carbons (Fsp3) is 0.120. The van der Waals surface area contributed by atoms with Gasteiger partial charge in [-0.15, -0.1) is 10.2 Å². The van der Waals surface area contributed by atoms with Gasteiger partial charge in [0.1, 0.15) is 0 Å². The van der Waals surface area contributed by atoms with Crippen molar-refractivity contribution >= 4 is 40.0 Å². The summed E-state index contributed by atoms with van der Waals surface area (Å²) in [6.07, 6.45) is 0. The van der Waals surface area contributed by atoms with E-state index in [4.69, 9.17) is 0 Å². The van der Waals surface area contributed by atoms with E-state index in [9.17, 15) is 9.59 Å². The normalized spacial score (nSPS) is 12.2. The van der Waals surface area contributed by atoms with Crippen molar-refractivity contribution in [1.82, 2.24) is 19.2 Å². The molecule has 0 radical (unpaired) electrons. The van der Waals surface area contributed by atoms with Crippen LogP contribution in [0.5, 0.6) is 0 Å². The van der Waals surface area contributed by atoms with Gasteiger partial charge in [-0.1, -0.05) is 60.3 Å². The van der Waals surface area contributed by atoms with E-state index in [0.717, 1.165) is 5.69 Å². The minimum atomic E-state index is -0.418. The Morgan fingerprint density at radius 3 is 2.27 bits per heavy atom. The second-order valence-corrected chi connectivity index (χ2v) is 8.91. The van der Waals surface area contributed by atoms with E-state index in [2.05, 4.69) is 10.2 Å². The van der Waals surface area contributed by atoms with Crippen LogP contribution in [-0.4, -0.2) is 37.4 Å². The molecule has 8 heteroatoms. The van der Waals surface area contributed by atoms with Crippen LogP contribution in [0.15, 0.2) is 94.9 Å². The van der Waals surface area contributed by atoms with Gasteiger partial charge in [-0.05, 0) is 43.3 Å². The first-order valence-electron chi connectivity index (χ1n) is 10.5. The number of benzene rings is 3. The molecule has 0 spiro atoms. The van der Waals surface area contributed by atoms with Gasteiger partial charge in [-0.25, -0.2) is 4.57 Å². The third-order valence-electron chi connectivity index (χ3n) is 5.51. The van der Waals surface area contributed by atoms with Gasteiger partial charge in [-0.3, -0.25) is 14.0 Å². The number of aromatic nitrogens is 4. The molecule has 7 nitrogen and oxygen atoms in total. The zero-order chi connectivity index (χ0) is 22.9. The third-order valence-corrected chi connectivity index (χ3v) is 6.54. The minimum Gasteiger partial charge on any atom is -0.315 e. The average Bonchev–Trinajstić information content (AvgIpc) is 3.27. The summed E-state index contributed by atoms with van der Waals surface area (Å²) in [4.78, 5) is 28.1. The summed E-state index contributed by atoms with van der Waals surface area (Å²) >= 11 is 1.32. The van der Waals surface area contributed by atoms with Crippen LogP contribution in [0.2, 0.25) is 0 Å². The number of hydrogen-bond donors (Lipinski definition) is 0. The zero-order valence-electron chi connectivity index (χ0n) is 18.1. The first kappa shape index (κ1) is 21.0. The van der Waals surface area contributed by atoms with Crippen LogP contribution in [-0.2, 0) is 4.79 Å². The lowest BCUT2D eigenvalue weighted by Crippen LogP contribution is -2.33. The van der Waals surface area contributed by atoms with Crippen molar-refractivity contribution in [3.8, 4) is 5.69 Å². The highest BCUT2D eigenvalue weighted by Crippen LogP contribution is 2.27. The van der Waals surface area contributed by atoms with Gasteiger partial charge >= 0.3 is 0 Å². The molecule has 0 aliphatic carbocycles. The van der Waals surface area contributed by atoms with E-state index in [1.165, 1.54) is 11.8 Å². The number of rotatable bonds is 5. The van der Waals surface area contributed by atoms with Gasteiger partial charge in [-0.2, -0.15) is 0 Å². The lowest BCUT2D eigenvalue weighted by molar-refractivity contribution is -0.117. The highest BCUT2D eigenvalue weighted by atomic mass is 32.2. The summed E-state index contributed by atoms with van der Waals surface area (Å²) in [5.74, 6) is 0.354. The van der Waals surface area contributed by atoms with Gasteiger partial charge in [0.2, 0.25) is 11.7 Å².